The van der Waals surface area contributed by atoms with Gasteiger partial charge in [-0.1, -0.05) is 30.3 Å². The molecule has 0 aliphatic carbocycles. The number of carbonyl (C=O) groups is 1. The maximum absolute atomic E-state index is 11.3. The number of carbonyl (C=O) groups excluding carboxylic acids is 1. The van der Waals surface area contributed by atoms with Crippen LogP contribution >= 0.6 is 0 Å². The first-order chi connectivity index (χ1) is 12.7. The van der Waals surface area contributed by atoms with Crippen LogP contribution in [0.3, 0.4) is 0 Å². The highest BCUT2D eigenvalue weighted by Crippen LogP contribution is 2.18. The van der Waals surface area contributed by atoms with Crippen molar-refractivity contribution in [2.45, 2.75) is 25.9 Å². The van der Waals surface area contributed by atoms with Gasteiger partial charge in [-0.15, -0.1) is 0 Å². The van der Waals surface area contributed by atoms with E-state index in [9.17, 15) is 4.79 Å². The molecule has 5 nitrogen and oxygen atoms in total. The minimum atomic E-state index is -0.346. The van der Waals surface area contributed by atoms with E-state index in [2.05, 4.69) is 45.5 Å². The Morgan fingerprint density at radius 3 is 2.88 bits per heavy atom. The van der Waals surface area contributed by atoms with E-state index in [0.29, 0.717) is 12.6 Å². The van der Waals surface area contributed by atoms with Crippen molar-refractivity contribution < 1.29 is 9.53 Å². The van der Waals surface area contributed by atoms with Crippen LogP contribution in [0.1, 0.15) is 24.6 Å². The molecule has 26 heavy (non-hydrogen) atoms. The van der Waals surface area contributed by atoms with Gasteiger partial charge in [-0.2, -0.15) is 0 Å². The fourth-order valence-electron chi connectivity index (χ4n) is 3.10. The molecule has 0 unspecified atom stereocenters. The van der Waals surface area contributed by atoms with Crippen LogP contribution in [-0.2, 0) is 16.1 Å². The molecule has 5 heteroatoms. The monoisotopic (exact) mass is 351 g/mol. The van der Waals surface area contributed by atoms with E-state index in [-0.39, 0.29) is 5.97 Å². The van der Waals surface area contributed by atoms with Gasteiger partial charge in [0.05, 0.1) is 24.2 Å². The molecule has 0 saturated carbocycles. The third-order valence-electron chi connectivity index (χ3n) is 4.36. The van der Waals surface area contributed by atoms with Crippen LogP contribution in [0.2, 0.25) is 0 Å². The van der Waals surface area contributed by atoms with Crippen molar-refractivity contribution in [3.05, 3.63) is 66.0 Å². The smallest absolute Gasteiger partial charge is 0.330 e. The van der Waals surface area contributed by atoms with Crippen molar-refractivity contribution in [3.63, 3.8) is 0 Å². The van der Waals surface area contributed by atoms with Crippen LogP contribution in [0.5, 0.6) is 0 Å². The molecule has 1 N–H and O–H groups in total. The summed E-state index contributed by atoms with van der Waals surface area (Å²) >= 11 is 0. The molecule has 1 fully saturated rings. The Kier molecular flexibility index (Phi) is 6.39. The maximum atomic E-state index is 11.3. The highest BCUT2D eigenvalue weighted by atomic mass is 16.5. The predicted molar refractivity (Wildman–Crippen MR) is 104 cm³/mol. The van der Waals surface area contributed by atoms with E-state index in [4.69, 9.17) is 4.74 Å². The lowest BCUT2D eigenvalue weighted by Crippen LogP contribution is -2.26. The number of ether oxygens (including phenoxy) is 1. The summed E-state index contributed by atoms with van der Waals surface area (Å²) in [6.07, 6.45) is 6.00. The molecule has 1 aliphatic heterocycles. The Bertz CT molecular complexity index is 729. The van der Waals surface area contributed by atoms with Gasteiger partial charge < -0.3 is 10.1 Å². The quantitative estimate of drug-likeness (QED) is 0.612. The maximum Gasteiger partial charge on any atom is 0.330 e. The summed E-state index contributed by atoms with van der Waals surface area (Å²) in [5.74, 6) is -0.346. The zero-order valence-electron chi connectivity index (χ0n) is 15.1. The van der Waals surface area contributed by atoms with Gasteiger partial charge in [0.2, 0.25) is 0 Å². The zero-order chi connectivity index (χ0) is 18.2. The van der Waals surface area contributed by atoms with Crippen molar-refractivity contribution in [1.29, 1.82) is 0 Å². The molecular weight excluding hydrogens is 326 g/mol. The molecular formula is C21H25N3O2. The normalized spacial score (nSPS) is 17.5. The molecule has 2 aromatic rings. The number of hydrogen-bond acceptors (Lipinski definition) is 5. The average molecular weight is 351 g/mol. The number of hydrogen-bond donors (Lipinski definition) is 1. The SMILES string of the molecule is CCOC(=O)C=Cc1ccc(N[C@@H]2CCN(Cc3ccccc3)C2)cn1. The molecule has 0 radical (unpaired) electrons. The number of nitrogens with one attached hydrogen (secondary N) is 1. The fourth-order valence-corrected chi connectivity index (χ4v) is 3.10. The van der Waals surface area contributed by atoms with E-state index < -0.39 is 0 Å². The van der Waals surface area contributed by atoms with Gasteiger partial charge in [0.25, 0.3) is 0 Å². The average Bonchev–Trinajstić information content (AvgIpc) is 3.09. The third-order valence-corrected chi connectivity index (χ3v) is 4.36. The fraction of sp³-hybridized carbons (Fsp3) is 0.333. The van der Waals surface area contributed by atoms with Crippen molar-refractivity contribution in [2.24, 2.45) is 0 Å². The first kappa shape index (κ1) is 18.1. The Balaban J connectivity index is 1.48. The number of likely N-dealkylation sites (tertiary alicyclic amines) is 1. The van der Waals surface area contributed by atoms with Crippen molar-refractivity contribution in [2.75, 3.05) is 25.0 Å². The highest BCUT2D eigenvalue weighted by molar-refractivity contribution is 5.86. The van der Waals surface area contributed by atoms with Gasteiger partial charge in [-0.3, -0.25) is 9.88 Å². The van der Waals surface area contributed by atoms with Crippen molar-refractivity contribution in [3.8, 4) is 0 Å². The van der Waals surface area contributed by atoms with Crippen LogP contribution < -0.4 is 5.32 Å². The lowest BCUT2D eigenvalue weighted by Gasteiger charge is -2.17. The lowest BCUT2D eigenvalue weighted by atomic mass is 10.2. The third kappa shape index (κ3) is 5.43. The molecule has 1 aromatic carbocycles. The van der Waals surface area contributed by atoms with Gasteiger partial charge >= 0.3 is 5.97 Å². The van der Waals surface area contributed by atoms with Crippen LogP contribution in [0.15, 0.2) is 54.7 Å². The van der Waals surface area contributed by atoms with Crippen molar-refractivity contribution in [1.82, 2.24) is 9.88 Å². The lowest BCUT2D eigenvalue weighted by molar-refractivity contribution is -0.137. The number of anilines is 1. The molecule has 0 bridgehead atoms. The van der Waals surface area contributed by atoms with Crippen LogP contribution in [0.25, 0.3) is 6.08 Å². The van der Waals surface area contributed by atoms with E-state index in [0.717, 1.165) is 37.4 Å². The number of pyridine rings is 1. The zero-order valence-corrected chi connectivity index (χ0v) is 15.1. The van der Waals surface area contributed by atoms with E-state index in [1.54, 1.807) is 13.0 Å². The van der Waals surface area contributed by atoms with E-state index in [1.807, 2.05) is 18.3 Å². The van der Waals surface area contributed by atoms with Gasteiger partial charge in [0.1, 0.15) is 0 Å². The molecule has 1 saturated heterocycles. The standard InChI is InChI=1S/C21H25N3O2/c1-2-26-21(25)11-10-18-8-9-19(14-22-18)23-20-12-13-24(16-20)15-17-6-4-3-5-7-17/h3-11,14,20,23H,2,12-13,15-16H2,1H3/t20-/m1/s1. The van der Waals surface area contributed by atoms with Crippen molar-refractivity contribution >= 4 is 17.7 Å². The summed E-state index contributed by atoms with van der Waals surface area (Å²) < 4.78 is 4.86. The summed E-state index contributed by atoms with van der Waals surface area (Å²) in [5, 5.41) is 3.55. The Labute approximate surface area is 154 Å². The Hall–Kier alpha value is -2.66. The molecule has 0 spiro atoms. The van der Waals surface area contributed by atoms with Gasteiger partial charge in [0, 0.05) is 31.8 Å². The first-order valence-electron chi connectivity index (χ1n) is 9.06. The van der Waals surface area contributed by atoms with E-state index >= 15 is 0 Å². The van der Waals surface area contributed by atoms with Crippen LogP contribution in [0, 0.1) is 0 Å². The number of rotatable bonds is 7. The van der Waals surface area contributed by atoms with E-state index in [1.165, 1.54) is 11.6 Å². The molecule has 1 atom stereocenters. The Morgan fingerprint density at radius 1 is 1.31 bits per heavy atom. The summed E-state index contributed by atoms with van der Waals surface area (Å²) in [6, 6.07) is 14.9. The van der Waals surface area contributed by atoms with Crippen LogP contribution in [-0.4, -0.2) is 41.6 Å². The highest BCUT2D eigenvalue weighted by Gasteiger charge is 2.22. The largest absolute Gasteiger partial charge is 0.463 e. The summed E-state index contributed by atoms with van der Waals surface area (Å²) in [7, 11) is 0. The van der Waals surface area contributed by atoms with Gasteiger partial charge in [0.15, 0.2) is 0 Å². The minimum Gasteiger partial charge on any atom is -0.463 e. The molecule has 1 aromatic heterocycles. The molecule has 1 aliphatic rings. The second-order valence-electron chi connectivity index (χ2n) is 6.41. The second kappa shape index (κ2) is 9.15. The second-order valence-corrected chi connectivity index (χ2v) is 6.41. The summed E-state index contributed by atoms with van der Waals surface area (Å²) in [5.41, 5.74) is 3.10. The molecule has 2 heterocycles. The van der Waals surface area contributed by atoms with Gasteiger partial charge in [-0.05, 0) is 37.1 Å². The summed E-state index contributed by atoms with van der Waals surface area (Å²) in [4.78, 5) is 18.2. The molecule has 0 amide bonds. The minimum absolute atomic E-state index is 0.346. The summed E-state index contributed by atoms with van der Waals surface area (Å²) in [6.45, 7) is 5.28. The molecule has 136 valence electrons. The topological polar surface area (TPSA) is 54.5 Å². The number of aromatic nitrogens is 1. The first-order valence-corrected chi connectivity index (χ1v) is 9.06. The number of benzene rings is 1. The predicted octanol–water partition coefficient (Wildman–Crippen LogP) is 3.34. The Morgan fingerprint density at radius 2 is 2.15 bits per heavy atom. The number of nitrogens with zero attached hydrogens (tertiary/aromatic N) is 2. The van der Waals surface area contributed by atoms with Crippen LogP contribution in [0.4, 0.5) is 5.69 Å². The van der Waals surface area contributed by atoms with Gasteiger partial charge in [-0.25, -0.2) is 4.79 Å². The number of esters is 1. The molecule has 3 rings (SSSR count).